The molecule has 26 heavy (non-hydrogen) atoms. The van der Waals surface area contributed by atoms with E-state index in [2.05, 4.69) is 34.0 Å². The molecule has 0 aliphatic carbocycles. The number of nitrogens with one attached hydrogen (secondary N) is 1. The molecule has 0 unspecified atom stereocenters. The van der Waals surface area contributed by atoms with Crippen molar-refractivity contribution in [2.24, 2.45) is 0 Å². The first-order valence-electron chi connectivity index (χ1n) is 8.21. The highest BCUT2D eigenvalue weighted by atomic mass is 35.5. The van der Waals surface area contributed by atoms with Gasteiger partial charge in [0.05, 0.1) is 16.6 Å². The van der Waals surface area contributed by atoms with Gasteiger partial charge in [0, 0.05) is 21.2 Å². The molecule has 1 aromatic heterocycles. The van der Waals surface area contributed by atoms with Crippen LogP contribution < -0.4 is 10.2 Å². The second-order valence-electron chi connectivity index (χ2n) is 6.23. The van der Waals surface area contributed by atoms with Crippen molar-refractivity contribution < 1.29 is 4.74 Å². The van der Waals surface area contributed by atoms with Crippen molar-refractivity contribution in [3.63, 3.8) is 0 Å². The van der Waals surface area contributed by atoms with Gasteiger partial charge in [-0.3, -0.25) is 0 Å². The van der Waals surface area contributed by atoms with Crippen molar-refractivity contribution in [2.75, 3.05) is 0 Å². The van der Waals surface area contributed by atoms with Crippen LogP contribution in [0.1, 0.15) is 28.3 Å². The highest BCUT2D eigenvalue weighted by Gasteiger charge is 2.40. The number of ether oxygens (including phenoxy) is 1. The average molecular weight is 401 g/mol. The molecule has 2 aliphatic rings. The normalized spacial score (nSPS) is 21.4. The zero-order chi connectivity index (χ0) is 17.7. The van der Waals surface area contributed by atoms with Gasteiger partial charge in [0.15, 0.2) is 6.23 Å². The molecule has 0 fully saturated rings. The van der Waals surface area contributed by atoms with Crippen molar-refractivity contribution in [3.8, 4) is 5.75 Å². The maximum atomic E-state index is 6.32. The fourth-order valence-corrected chi connectivity index (χ4v) is 4.40. The second-order valence-corrected chi connectivity index (χ2v) is 8.05. The number of hydrazine groups is 1. The minimum Gasteiger partial charge on any atom is -0.469 e. The van der Waals surface area contributed by atoms with Gasteiger partial charge in [0.25, 0.3) is 0 Å². The highest BCUT2D eigenvalue weighted by molar-refractivity contribution is 7.11. The lowest BCUT2D eigenvalue weighted by Gasteiger charge is -2.39. The molecule has 6 heteroatoms. The number of hydrogen-bond donors (Lipinski definition) is 1. The van der Waals surface area contributed by atoms with Crippen LogP contribution in [0.25, 0.3) is 5.70 Å². The molecule has 3 heterocycles. The minimum absolute atomic E-state index is 0.0372. The first-order valence-corrected chi connectivity index (χ1v) is 9.85. The Balaban J connectivity index is 1.61. The maximum absolute atomic E-state index is 6.32. The summed E-state index contributed by atoms with van der Waals surface area (Å²) in [6.07, 6.45) is 1.96. The fraction of sp³-hybridized carbons (Fsp3) is 0.100. The van der Waals surface area contributed by atoms with E-state index >= 15 is 0 Å². The molecule has 2 aromatic carbocycles. The Bertz CT molecular complexity index is 986. The van der Waals surface area contributed by atoms with E-state index in [0.717, 1.165) is 22.6 Å². The van der Waals surface area contributed by atoms with Gasteiger partial charge in [-0.15, -0.1) is 11.3 Å². The van der Waals surface area contributed by atoms with Crippen LogP contribution in [0, 0.1) is 0 Å². The van der Waals surface area contributed by atoms with Crippen molar-refractivity contribution in [1.82, 2.24) is 10.4 Å². The smallest absolute Gasteiger partial charge is 0.195 e. The van der Waals surface area contributed by atoms with Gasteiger partial charge in [-0.1, -0.05) is 41.4 Å². The zero-order valence-electron chi connectivity index (χ0n) is 13.5. The lowest BCUT2D eigenvalue weighted by molar-refractivity contribution is -0.0326. The molecule has 3 nitrogen and oxygen atoms in total. The van der Waals surface area contributed by atoms with Crippen molar-refractivity contribution in [1.29, 1.82) is 0 Å². The molecule has 2 aliphatic heterocycles. The summed E-state index contributed by atoms with van der Waals surface area (Å²) >= 11 is 14.0. The number of rotatable bonds is 2. The topological polar surface area (TPSA) is 24.5 Å². The third-order valence-electron chi connectivity index (χ3n) is 4.60. The van der Waals surface area contributed by atoms with Crippen LogP contribution in [0.3, 0.4) is 0 Å². The predicted molar refractivity (Wildman–Crippen MR) is 106 cm³/mol. The summed E-state index contributed by atoms with van der Waals surface area (Å²) in [5.74, 6) is 0.848. The largest absolute Gasteiger partial charge is 0.469 e. The van der Waals surface area contributed by atoms with Gasteiger partial charge in [-0.25, -0.2) is 0 Å². The Labute approximate surface area is 165 Å². The first kappa shape index (κ1) is 16.2. The number of fused-ring (bicyclic) bond motifs is 3. The molecule has 1 N–H and O–H groups in total. The SMILES string of the molecule is Clc1ccc([C@@H]2Oc3ccc(Cl)cc3[C@H]3C=C(c4cccs4)NN32)cc1. The molecular weight excluding hydrogens is 387 g/mol. The van der Waals surface area contributed by atoms with E-state index in [-0.39, 0.29) is 12.3 Å². The minimum atomic E-state index is -0.264. The highest BCUT2D eigenvalue weighted by Crippen LogP contribution is 2.47. The Morgan fingerprint density at radius 2 is 1.81 bits per heavy atom. The van der Waals surface area contributed by atoms with Crippen LogP contribution in [0.2, 0.25) is 10.0 Å². The van der Waals surface area contributed by atoms with E-state index in [1.54, 1.807) is 11.3 Å². The first-order chi connectivity index (χ1) is 12.7. The summed E-state index contributed by atoms with van der Waals surface area (Å²) in [7, 11) is 0. The van der Waals surface area contributed by atoms with E-state index < -0.39 is 0 Å². The summed E-state index contributed by atoms with van der Waals surface area (Å²) in [4.78, 5) is 1.19. The fourth-order valence-electron chi connectivity index (χ4n) is 3.39. The average Bonchev–Trinajstić information content (AvgIpc) is 3.32. The Hall–Kier alpha value is -1.98. The van der Waals surface area contributed by atoms with Gasteiger partial charge in [-0.05, 0) is 47.9 Å². The predicted octanol–water partition coefficient (Wildman–Crippen LogP) is 6.05. The van der Waals surface area contributed by atoms with E-state index in [4.69, 9.17) is 27.9 Å². The van der Waals surface area contributed by atoms with E-state index in [9.17, 15) is 0 Å². The Morgan fingerprint density at radius 3 is 2.58 bits per heavy atom. The van der Waals surface area contributed by atoms with Crippen LogP contribution in [0.15, 0.2) is 66.1 Å². The third-order valence-corrected chi connectivity index (χ3v) is 5.99. The van der Waals surface area contributed by atoms with Crippen molar-refractivity contribution in [3.05, 3.63) is 92.1 Å². The Kier molecular flexibility index (Phi) is 3.94. The molecule has 0 bridgehead atoms. The van der Waals surface area contributed by atoms with Crippen LogP contribution in [0.5, 0.6) is 5.75 Å². The molecule has 0 saturated carbocycles. The molecule has 0 spiro atoms. The van der Waals surface area contributed by atoms with E-state index in [0.29, 0.717) is 10.0 Å². The molecule has 5 rings (SSSR count). The van der Waals surface area contributed by atoms with Gasteiger partial charge < -0.3 is 10.2 Å². The summed E-state index contributed by atoms with van der Waals surface area (Å²) < 4.78 is 6.32. The molecule has 2 atom stereocenters. The standard InChI is InChI=1S/C20H14Cl2N2OS/c21-13-5-3-12(4-6-13)20-24-17(11-16(23-24)19-2-1-9-26-19)15-10-14(22)7-8-18(15)25-20/h1-11,17,20,23H/t17-,20+/m1/s1. The lowest BCUT2D eigenvalue weighted by Crippen LogP contribution is -2.43. The zero-order valence-corrected chi connectivity index (χ0v) is 15.9. The number of nitrogens with zero attached hydrogens (tertiary/aromatic N) is 1. The number of thiophene rings is 1. The van der Waals surface area contributed by atoms with Crippen LogP contribution in [-0.4, -0.2) is 5.01 Å². The van der Waals surface area contributed by atoms with Gasteiger partial charge in [0.1, 0.15) is 5.75 Å². The van der Waals surface area contributed by atoms with Gasteiger partial charge >= 0.3 is 0 Å². The summed E-state index contributed by atoms with van der Waals surface area (Å²) in [5, 5.41) is 5.61. The van der Waals surface area contributed by atoms with Gasteiger partial charge in [0.2, 0.25) is 0 Å². The monoisotopic (exact) mass is 400 g/mol. The molecule has 3 aromatic rings. The quantitative estimate of drug-likeness (QED) is 0.566. The van der Waals surface area contributed by atoms with Crippen LogP contribution in [0.4, 0.5) is 0 Å². The summed E-state index contributed by atoms with van der Waals surface area (Å²) in [6.45, 7) is 0. The second kappa shape index (κ2) is 6.32. The lowest BCUT2D eigenvalue weighted by atomic mass is 10.0. The molecule has 0 amide bonds. The number of halogens is 2. The summed E-state index contributed by atoms with van der Waals surface area (Å²) in [5.41, 5.74) is 6.70. The summed E-state index contributed by atoms with van der Waals surface area (Å²) in [6, 6.07) is 17.7. The van der Waals surface area contributed by atoms with Crippen molar-refractivity contribution in [2.45, 2.75) is 12.3 Å². The Morgan fingerprint density at radius 1 is 1.00 bits per heavy atom. The molecule has 0 saturated heterocycles. The van der Waals surface area contributed by atoms with Crippen LogP contribution >= 0.6 is 34.5 Å². The van der Waals surface area contributed by atoms with Gasteiger partial charge in [-0.2, -0.15) is 5.01 Å². The van der Waals surface area contributed by atoms with Crippen LogP contribution in [-0.2, 0) is 0 Å². The molecule has 130 valence electrons. The third kappa shape index (κ3) is 2.70. The maximum Gasteiger partial charge on any atom is 0.195 e. The number of benzene rings is 2. The van der Waals surface area contributed by atoms with E-state index in [1.807, 2.05) is 42.5 Å². The number of hydrogen-bond acceptors (Lipinski definition) is 4. The molecular formula is C20H14Cl2N2OS. The molecule has 0 radical (unpaired) electrons. The van der Waals surface area contributed by atoms with Crippen molar-refractivity contribution >= 4 is 40.2 Å². The van der Waals surface area contributed by atoms with E-state index in [1.165, 1.54) is 4.88 Å².